The zero-order chi connectivity index (χ0) is 17.1. The molecule has 1 aliphatic carbocycles. The topological polar surface area (TPSA) is 59.6 Å². The molecule has 0 amide bonds. The van der Waals surface area contributed by atoms with E-state index in [1.807, 2.05) is 38.1 Å². The summed E-state index contributed by atoms with van der Waals surface area (Å²) < 4.78 is 5.63. The largest absolute Gasteiger partial charge is 0.491 e. The van der Waals surface area contributed by atoms with E-state index in [0.717, 1.165) is 17.9 Å². The average molecular weight is 451 g/mol. The maximum atomic E-state index is 6.05. The van der Waals surface area contributed by atoms with Crippen LogP contribution < -0.4 is 15.8 Å². The number of hydrogen-bond acceptors (Lipinski definition) is 2. The number of benzene rings is 2. The Morgan fingerprint density at radius 2 is 1.84 bits per heavy atom. The number of halogens is 1. The summed E-state index contributed by atoms with van der Waals surface area (Å²) in [7, 11) is 0. The van der Waals surface area contributed by atoms with Crippen LogP contribution in [0.4, 0.5) is 5.69 Å². The molecule has 134 valence electrons. The van der Waals surface area contributed by atoms with Gasteiger partial charge in [-0.25, -0.2) is 4.99 Å². The van der Waals surface area contributed by atoms with Crippen molar-refractivity contribution in [3.8, 4) is 5.75 Å². The second-order valence-electron chi connectivity index (χ2n) is 6.60. The molecule has 3 N–H and O–H groups in total. The van der Waals surface area contributed by atoms with Gasteiger partial charge in [0.05, 0.1) is 12.1 Å². The van der Waals surface area contributed by atoms with Crippen molar-refractivity contribution in [3.05, 3.63) is 59.7 Å². The van der Waals surface area contributed by atoms with E-state index >= 15 is 0 Å². The van der Waals surface area contributed by atoms with E-state index in [9.17, 15) is 0 Å². The molecule has 0 bridgehead atoms. The van der Waals surface area contributed by atoms with E-state index in [0.29, 0.717) is 11.9 Å². The van der Waals surface area contributed by atoms with Crippen molar-refractivity contribution in [3.63, 3.8) is 0 Å². The smallest absolute Gasteiger partial charge is 0.193 e. The van der Waals surface area contributed by atoms with Crippen LogP contribution in [0.2, 0.25) is 0 Å². The van der Waals surface area contributed by atoms with Crippen molar-refractivity contribution >= 4 is 35.6 Å². The van der Waals surface area contributed by atoms with Crippen LogP contribution in [0.25, 0.3) is 0 Å². The third-order valence-electron chi connectivity index (χ3n) is 4.15. The molecule has 1 saturated carbocycles. The number of nitrogens with one attached hydrogen (secondary N) is 1. The summed E-state index contributed by atoms with van der Waals surface area (Å²) in [4.78, 5) is 4.61. The fraction of sp³-hybridized carbons (Fsp3) is 0.350. The molecule has 4 nitrogen and oxygen atoms in total. The summed E-state index contributed by atoms with van der Waals surface area (Å²) in [5, 5.41) is 3.15. The summed E-state index contributed by atoms with van der Waals surface area (Å²) in [6.07, 6.45) is 1.23. The number of ether oxygens (including phenoxy) is 1. The van der Waals surface area contributed by atoms with Crippen LogP contribution in [0, 0.1) is 6.92 Å². The van der Waals surface area contributed by atoms with Gasteiger partial charge >= 0.3 is 0 Å². The normalized spacial score (nSPS) is 19.3. The summed E-state index contributed by atoms with van der Waals surface area (Å²) in [5.41, 5.74) is 9.68. The number of nitrogens with two attached hydrogens (primary N) is 1. The zero-order valence-electron chi connectivity index (χ0n) is 14.9. The average Bonchev–Trinajstić information content (AvgIpc) is 3.28. The molecule has 0 heterocycles. The zero-order valence-corrected chi connectivity index (χ0v) is 17.2. The van der Waals surface area contributed by atoms with Crippen LogP contribution >= 0.6 is 24.0 Å². The Hall–Kier alpha value is -1.76. The highest BCUT2D eigenvalue weighted by atomic mass is 127. The van der Waals surface area contributed by atoms with Gasteiger partial charge < -0.3 is 15.8 Å². The fourth-order valence-corrected chi connectivity index (χ4v) is 2.91. The second-order valence-corrected chi connectivity index (χ2v) is 6.60. The summed E-state index contributed by atoms with van der Waals surface area (Å²) in [6, 6.07) is 16.5. The quantitative estimate of drug-likeness (QED) is 0.394. The summed E-state index contributed by atoms with van der Waals surface area (Å²) in [6.45, 7) is 6.17. The molecule has 2 aromatic carbocycles. The minimum Gasteiger partial charge on any atom is -0.491 e. The predicted molar refractivity (Wildman–Crippen MR) is 115 cm³/mol. The molecule has 25 heavy (non-hydrogen) atoms. The molecule has 2 unspecified atom stereocenters. The maximum Gasteiger partial charge on any atom is 0.193 e. The highest BCUT2D eigenvalue weighted by molar-refractivity contribution is 14.0. The minimum absolute atomic E-state index is 0. The van der Waals surface area contributed by atoms with Gasteiger partial charge in [0.2, 0.25) is 0 Å². The SMILES string of the molecule is Cc1ccccc1C1CC1N=C(N)Nc1ccc(OC(C)C)cc1.I. The molecule has 1 aliphatic rings. The Labute approximate surface area is 166 Å². The number of aliphatic imine (C=N–C) groups is 1. The molecule has 2 atom stereocenters. The van der Waals surface area contributed by atoms with E-state index in [2.05, 4.69) is 41.5 Å². The highest BCUT2D eigenvalue weighted by Crippen LogP contribution is 2.44. The molecular formula is C20H26IN3O. The van der Waals surface area contributed by atoms with Gasteiger partial charge in [0, 0.05) is 11.6 Å². The number of guanidine groups is 1. The lowest BCUT2D eigenvalue weighted by Gasteiger charge is -2.11. The number of nitrogens with zero attached hydrogens (tertiary/aromatic N) is 1. The molecule has 0 saturated heterocycles. The first-order chi connectivity index (χ1) is 11.5. The van der Waals surface area contributed by atoms with E-state index in [-0.39, 0.29) is 36.1 Å². The van der Waals surface area contributed by atoms with E-state index in [4.69, 9.17) is 10.5 Å². The monoisotopic (exact) mass is 451 g/mol. The van der Waals surface area contributed by atoms with Gasteiger partial charge in [0.25, 0.3) is 0 Å². The molecule has 0 aliphatic heterocycles. The number of rotatable bonds is 5. The third kappa shape index (κ3) is 5.36. The van der Waals surface area contributed by atoms with Gasteiger partial charge in [-0.2, -0.15) is 0 Å². The van der Waals surface area contributed by atoms with Gasteiger partial charge in [-0.05, 0) is 62.6 Å². The lowest BCUT2D eigenvalue weighted by Crippen LogP contribution is -2.23. The molecule has 0 aromatic heterocycles. The van der Waals surface area contributed by atoms with Crippen molar-refractivity contribution in [2.24, 2.45) is 10.7 Å². The van der Waals surface area contributed by atoms with Crippen LogP contribution in [0.15, 0.2) is 53.5 Å². The molecule has 3 rings (SSSR count). The lowest BCUT2D eigenvalue weighted by molar-refractivity contribution is 0.242. The molecule has 2 aromatic rings. The minimum atomic E-state index is 0. The Bertz CT molecular complexity index is 728. The van der Waals surface area contributed by atoms with Gasteiger partial charge in [-0.15, -0.1) is 24.0 Å². The Morgan fingerprint density at radius 1 is 1.16 bits per heavy atom. The van der Waals surface area contributed by atoms with Crippen molar-refractivity contribution in [1.29, 1.82) is 0 Å². The molecule has 5 heteroatoms. The van der Waals surface area contributed by atoms with Gasteiger partial charge in [0.1, 0.15) is 5.75 Å². The van der Waals surface area contributed by atoms with E-state index in [1.54, 1.807) is 0 Å². The van der Waals surface area contributed by atoms with Crippen molar-refractivity contribution in [2.75, 3.05) is 5.32 Å². The van der Waals surface area contributed by atoms with Crippen LogP contribution in [0.5, 0.6) is 5.75 Å². The first kappa shape index (κ1) is 19.6. The van der Waals surface area contributed by atoms with Gasteiger partial charge in [0.15, 0.2) is 5.96 Å². The third-order valence-corrected chi connectivity index (χ3v) is 4.15. The number of anilines is 1. The highest BCUT2D eigenvalue weighted by Gasteiger charge is 2.39. The fourth-order valence-electron chi connectivity index (χ4n) is 2.91. The first-order valence-corrected chi connectivity index (χ1v) is 8.45. The molecule has 0 spiro atoms. The van der Waals surface area contributed by atoms with Gasteiger partial charge in [-0.3, -0.25) is 0 Å². The predicted octanol–water partition coefficient (Wildman–Crippen LogP) is 4.68. The second kappa shape index (κ2) is 8.56. The van der Waals surface area contributed by atoms with E-state index in [1.165, 1.54) is 11.1 Å². The number of aryl methyl sites for hydroxylation is 1. The first-order valence-electron chi connectivity index (χ1n) is 8.45. The van der Waals surface area contributed by atoms with Crippen LogP contribution in [0.1, 0.15) is 37.3 Å². The van der Waals surface area contributed by atoms with Crippen molar-refractivity contribution in [2.45, 2.75) is 45.3 Å². The molecule has 1 fully saturated rings. The van der Waals surface area contributed by atoms with E-state index < -0.39 is 0 Å². The summed E-state index contributed by atoms with van der Waals surface area (Å²) in [5.74, 6) is 1.81. The van der Waals surface area contributed by atoms with Crippen LogP contribution in [0.3, 0.4) is 0 Å². The maximum absolute atomic E-state index is 6.05. The Morgan fingerprint density at radius 3 is 2.48 bits per heavy atom. The molecule has 0 radical (unpaired) electrons. The molecular weight excluding hydrogens is 425 g/mol. The van der Waals surface area contributed by atoms with Crippen molar-refractivity contribution in [1.82, 2.24) is 0 Å². The standard InChI is InChI=1S/C20H25N3O.HI/c1-13(2)24-16-10-8-15(9-11-16)22-20(21)23-19-12-18(19)17-7-5-4-6-14(17)3;/h4-11,13,18-19H,12H2,1-3H3,(H3,21,22,23);1H. The Kier molecular flexibility index (Phi) is 6.70. The number of hydrogen-bond donors (Lipinski definition) is 2. The van der Waals surface area contributed by atoms with Crippen LogP contribution in [-0.2, 0) is 0 Å². The van der Waals surface area contributed by atoms with Crippen molar-refractivity contribution < 1.29 is 4.74 Å². The summed E-state index contributed by atoms with van der Waals surface area (Å²) >= 11 is 0. The lowest BCUT2D eigenvalue weighted by atomic mass is 10.0. The van der Waals surface area contributed by atoms with Gasteiger partial charge in [-0.1, -0.05) is 24.3 Å². The Balaban J connectivity index is 0.00000225. The van der Waals surface area contributed by atoms with Crippen LogP contribution in [-0.4, -0.2) is 18.1 Å².